The summed E-state index contributed by atoms with van der Waals surface area (Å²) in [6, 6.07) is 11.1. The highest BCUT2D eigenvalue weighted by Crippen LogP contribution is 2.31. The molecule has 9 nitrogen and oxygen atoms in total. The molecule has 1 heterocycles. The number of carbonyl (C=O) groups excluding carboxylic acids is 2. The Morgan fingerprint density at radius 3 is 2.34 bits per heavy atom. The van der Waals surface area contributed by atoms with E-state index in [1.807, 2.05) is 0 Å². The van der Waals surface area contributed by atoms with Gasteiger partial charge in [-0.25, -0.2) is 18.0 Å². The number of amides is 2. The lowest BCUT2D eigenvalue weighted by Gasteiger charge is -2.29. The van der Waals surface area contributed by atoms with Gasteiger partial charge in [0.15, 0.2) is 9.84 Å². The van der Waals surface area contributed by atoms with Crippen LogP contribution in [0.1, 0.15) is 18.5 Å². The summed E-state index contributed by atoms with van der Waals surface area (Å²) in [5, 5.41) is 5.14. The van der Waals surface area contributed by atoms with E-state index >= 15 is 0 Å². The Bertz CT molecular complexity index is 1140. The Labute approximate surface area is 186 Å². The maximum absolute atomic E-state index is 13.1. The Hall–Kier alpha value is -3.53. The van der Waals surface area contributed by atoms with E-state index in [-0.39, 0.29) is 22.8 Å². The molecular formula is C22H24N2O7S. The summed E-state index contributed by atoms with van der Waals surface area (Å²) in [7, 11) is -0.926. The van der Waals surface area contributed by atoms with Crippen molar-refractivity contribution in [2.45, 2.75) is 17.9 Å². The van der Waals surface area contributed by atoms with E-state index in [0.29, 0.717) is 17.1 Å². The number of nitrogens with one attached hydrogen (secondary N) is 2. The topological polar surface area (TPSA) is 120 Å². The number of rotatable bonds is 8. The second-order valence-electron chi connectivity index (χ2n) is 6.86. The predicted octanol–water partition coefficient (Wildman–Crippen LogP) is 2.35. The molecule has 0 aromatic heterocycles. The van der Waals surface area contributed by atoms with Gasteiger partial charge in [0.05, 0.1) is 43.1 Å². The molecule has 0 saturated carbocycles. The van der Waals surface area contributed by atoms with Gasteiger partial charge < -0.3 is 24.8 Å². The first kappa shape index (κ1) is 23.1. The Morgan fingerprint density at radius 1 is 1.03 bits per heavy atom. The first-order chi connectivity index (χ1) is 15.3. The van der Waals surface area contributed by atoms with E-state index < -0.39 is 33.6 Å². The SMILES string of the molecule is CCOC(=O)C1=C(CS(=O)(=O)c2ccc(OC)cc2)NC(=O)NC1c1cccc(OC)c1. The number of carbonyl (C=O) groups is 2. The first-order valence-electron chi connectivity index (χ1n) is 9.77. The van der Waals surface area contributed by atoms with E-state index in [1.165, 1.54) is 38.5 Å². The van der Waals surface area contributed by atoms with E-state index in [0.717, 1.165) is 0 Å². The lowest BCUT2D eigenvalue weighted by atomic mass is 9.95. The van der Waals surface area contributed by atoms with Crippen molar-refractivity contribution >= 4 is 21.8 Å². The summed E-state index contributed by atoms with van der Waals surface area (Å²) in [5.74, 6) is -0.302. The lowest BCUT2D eigenvalue weighted by Crippen LogP contribution is -2.47. The molecule has 2 amide bonds. The van der Waals surface area contributed by atoms with E-state index in [9.17, 15) is 18.0 Å². The Morgan fingerprint density at radius 2 is 1.72 bits per heavy atom. The molecule has 2 N–H and O–H groups in total. The van der Waals surface area contributed by atoms with Gasteiger partial charge in [-0.2, -0.15) is 0 Å². The van der Waals surface area contributed by atoms with Gasteiger partial charge in [0, 0.05) is 5.70 Å². The highest BCUT2D eigenvalue weighted by molar-refractivity contribution is 7.91. The van der Waals surface area contributed by atoms with Gasteiger partial charge in [-0.15, -0.1) is 0 Å². The molecule has 0 bridgehead atoms. The number of methoxy groups -OCH3 is 2. The fourth-order valence-corrected chi connectivity index (χ4v) is 4.63. The zero-order valence-corrected chi connectivity index (χ0v) is 18.7. The summed E-state index contributed by atoms with van der Waals surface area (Å²) >= 11 is 0. The molecule has 1 aliphatic rings. The molecule has 170 valence electrons. The summed E-state index contributed by atoms with van der Waals surface area (Å²) in [6.45, 7) is 1.72. The van der Waals surface area contributed by atoms with Crippen molar-refractivity contribution in [1.29, 1.82) is 0 Å². The van der Waals surface area contributed by atoms with Gasteiger partial charge in [0.1, 0.15) is 11.5 Å². The second kappa shape index (κ2) is 9.73. The van der Waals surface area contributed by atoms with Crippen LogP contribution < -0.4 is 20.1 Å². The van der Waals surface area contributed by atoms with Crippen LogP contribution in [0.25, 0.3) is 0 Å². The van der Waals surface area contributed by atoms with Crippen molar-refractivity contribution in [3.8, 4) is 11.5 Å². The standard InChI is InChI=1S/C22H24N2O7S/c1-4-31-21(25)19-18(13-32(27,28)17-10-8-15(29-2)9-11-17)23-22(26)24-20(19)14-6-5-7-16(12-14)30-3/h5-12,20H,4,13H2,1-3H3,(H2,23,24,26). The molecule has 0 fully saturated rings. The summed E-state index contributed by atoms with van der Waals surface area (Å²) < 4.78 is 41.6. The third kappa shape index (κ3) is 5.02. The average molecular weight is 461 g/mol. The number of sulfone groups is 1. The lowest BCUT2D eigenvalue weighted by molar-refractivity contribution is -0.139. The number of benzene rings is 2. The maximum Gasteiger partial charge on any atom is 0.338 e. The number of urea groups is 1. The molecule has 1 unspecified atom stereocenters. The molecule has 3 rings (SSSR count). The van der Waals surface area contributed by atoms with Gasteiger partial charge >= 0.3 is 12.0 Å². The Kier molecular flexibility index (Phi) is 7.04. The van der Waals surface area contributed by atoms with E-state index in [4.69, 9.17) is 14.2 Å². The third-order valence-electron chi connectivity index (χ3n) is 4.83. The van der Waals surface area contributed by atoms with Crippen molar-refractivity contribution in [3.05, 3.63) is 65.4 Å². The molecule has 0 saturated heterocycles. The minimum atomic E-state index is -3.90. The molecule has 10 heteroatoms. The number of ether oxygens (including phenoxy) is 3. The Balaban J connectivity index is 2.08. The quantitative estimate of drug-likeness (QED) is 0.580. The minimum absolute atomic E-state index is 0.0109. The van der Waals surface area contributed by atoms with Gasteiger partial charge in [-0.1, -0.05) is 12.1 Å². The van der Waals surface area contributed by atoms with Crippen LogP contribution in [0.3, 0.4) is 0 Å². The van der Waals surface area contributed by atoms with Crippen molar-refractivity contribution < 1.29 is 32.2 Å². The van der Waals surface area contributed by atoms with E-state index in [2.05, 4.69) is 10.6 Å². The van der Waals surface area contributed by atoms with Crippen LogP contribution >= 0.6 is 0 Å². The average Bonchev–Trinajstić information content (AvgIpc) is 2.78. The first-order valence-corrected chi connectivity index (χ1v) is 11.4. The van der Waals surface area contributed by atoms with Crippen LogP contribution in [-0.4, -0.2) is 47.0 Å². The monoisotopic (exact) mass is 460 g/mol. The van der Waals surface area contributed by atoms with Crippen molar-refractivity contribution in [2.75, 3.05) is 26.6 Å². The van der Waals surface area contributed by atoms with Crippen LogP contribution in [0.5, 0.6) is 11.5 Å². The van der Waals surface area contributed by atoms with Gasteiger partial charge in [-0.3, -0.25) is 0 Å². The van der Waals surface area contributed by atoms with Crippen molar-refractivity contribution in [3.63, 3.8) is 0 Å². The van der Waals surface area contributed by atoms with Crippen LogP contribution in [0.2, 0.25) is 0 Å². The molecule has 1 aliphatic heterocycles. The molecule has 0 spiro atoms. The molecule has 32 heavy (non-hydrogen) atoms. The van der Waals surface area contributed by atoms with E-state index in [1.54, 1.807) is 31.2 Å². The molecule has 2 aromatic rings. The normalized spacial score (nSPS) is 16.1. The van der Waals surface area contributed by atoms with Crippen LogP contribution in [0.4, 0.5) is 4.79 Å². The summed E-state index contributed by atoms with van der Waals surface area (Å²) in [5.41, 5.74) is 0.509. The van der Waals surface area contributed by atoms with Gasteiger partial charge in [-0.05, 0) is 48.9 Å². The highest BCUT2D eigenvalue weighted by atomic mass is 32.2. The predicted molar refractivity (Wildman–Crippen MR) is 116 cm³/mol. The van der Waals surface area contributed by atoms with Crippen LogP contribution in [-0.2, 0) is 19.4 Å². The highest BCUT2D eigenvalue weighted by Gasteiger charge is 2.36. The third-order valence-corrected chi connectivity index (χ3v) is 6.49. The number of hydrogen-bond acceptors (Lipinski definition) is 7. The zero-order valence-electron chi connectivity index (χ0n) is 17.9. The fourth-order valence-electron chi connectivity index (χ4n) is 3.31. The molecule has 2 aromatic carbocycles. The van der Waals surface area contributed by atoms with Gasteiger partial charge in [0.25, 0.3) is 0 Å². The van der Waals surface area contributed by atoms with Crippen molar-refractivity contribution in [2.24, 2.45) is 0 Å². The molecular weight excluding hydrogens is 436 g/mol. The smallest absolute Gasteiger partial charge is 0.338 e. The summed E-state index contributed by atoms with van der Waals surface area (Å²) in [6.07, 6.45) is 0. The number of esters is 1. The largest absolute Gasteiger partial charge is 0.497 e. The summed E-state index contributed by atoms with van der Waals surface area (Å²) in [4.78, 5) is 25.3. The van der Waals surface area contributed by atoms with Crippen molar-refractivity contribution in [1.82, 2.24) is 10.6 Å². The minimum Gasteiger partial charge on any atom is -0.497 e. The molecule has 1 atom stereocenters. The van der Waals surface area contributed by atoms with Gasteiger partial charge in [0.2, 0.25) is 0 Å². The van der Waals surface area contributed by atoms with Crippen LogP contribution in [0.15, 0.2) is 64.7 Å². The number of hydrogen-bond donors (Lipinski definition) is 2. The zero-order chi connectivity index (χ0) is 23.3. The molecule has 0 radical (unpaired) electrons. The fraction of sp³-hybridized carbons (Fsp3) is 0.273. The second-order valence-corrected chi connectivity index (χ2v) is 8.84. The maximum atomic E-state index is 13.1. The van der Waals surface area contributed by atoms with Crippen LogP contribution in [0, 0.1) is 0 Å². The molecule has 0 aliphatic carbocycles.